The molecule has 0 atom stereocenters. The molecule has 0 unspecified atom stereocenters. The van der Waals surface area contributed by atoms with E-state index in [9.17, 15) is 0 Å². The van der Waals surface area contributed by atoms with E-state index in [-0.39, 0.29) is 0 Å². The number of aryl methyl sites for hydroxylation is 1. The molecule has 26 heavy (non-hydrogen) atoms. The van der Waals surface area contributed by atoms with Crippen LogP contribution in [-0.4, -0.2) is 19.6 Å². The van der Waals surface area contributed by atoms with Gasteiger partial charge in [0.1, 0.15) is 11.6 Å². The Hall–Kier alpha value is -3.25. The summed E-state index contributed by atoms with van der Waals surface area (Å²) < 4.78 is 2.00. The summed E-state index contributed by atoms with van der Waals surface area (Å²) in [6, 6.07) is 20.7. The van der Waals surface area contributed by atoms with Crippen molar-refractivity contribution in [3.63, 3.8) is 0 Å². The molecule has 6 heteroatoms. The minimum Gasteiger partial charge on any atom is -0.340 e. The van der Waals surface area contributed by atoms with Gasteiger partial charge in [-0.3, -0.25) is 4.40 Å². The number of rotatable bonds is 3. The molecule has 0 amide bonds. The largest absolute Gasteiger partial charge is 0.340 e. The molecule has 2 aromatic carbocycles. The summed E-state index contributed by atoms with van der Waals surface area (Å²) >= 11 is 1.73. The lowest BCUT2D eigenvalue weighted by Crippen LogP contribution is -2.01. The number of fused-ring (bicyclic) bond motifs is 3. The third kappa shape index (κ3) is 2.43. The molecule has 1 N–H and O–H groups in total. The number of nitrogens with zero attached hydrogens (tertiary/aromatic N) is 4. The van der Waals surface area contributed by atoms with Crippen molar-refractivity contribution in [2.75, 3.05) is 5.32 Å². The molecular formula is C20H15N5S. The quantitative estimate of drug-likeness (QED) is 0.490. The highest BCUT2D eigenvalue weighted by Gasteiger charge is 2.13. The lowest BCUT2D eigenvalue weighted by atomic mass is 10.1. The van der Waals surface area contributed by atoms with Crippen LogP contribution in [0.1, 0.15) is 5.82 Å². The van der Waals surface area contributed by atoms with E-state index < -0.39 is 0 Å². The van der Waals surface area contributed by atoms with E-state index in [4.69, 9.17) is 4.98 Å². The molecular weight excluding hydrogens is 342 g/mol. The first-order valence-corrected chi connectivity index (χ1v) is 9.19. The first-order valence-electron chi connectivity index (χ1n) is 8.31. The maximum Gasteiger partial charge on any atom is 0.257 e. The van der Waals surface area contributed by atoms with E-state index >= 15 is 0 Å². The van der Waals surface area contributed by atoms with Crippen LogP contribution in [0.3, 0.4) is 0 Å². The van der Waals surface area contributed by atoms with Crippen molar-refractivity contribution >= 4 is 39.5 Å². The van der Waals surface area contributed by atoms with Gasteiger partial charge in [-0.2, -0.15) is 4.98 Å². The fourth-order valence-corrected chi connectivity index (χ4v) is 3.86. The molecule has 3 heterocycles. The topological polar surface area (TPSA) is 55.1 Å². The fraction of sp³-hybridized carbons (Fsp3) is 0.0500. The average Bonchev–Trinajstić information content (AvgIpc) is 3.33. The van der Waals surface area contributed by atoms with E-state index in [0.29, 0.717) is 5.78 Å². The third-order valence-electron chi connectivity index (χ3n) is 4.36. The molecule has 0 aliphatic rings. The van der Waals surface area contributed by atoms with Crippen LogP contribution in [0.15, 0.2) is 66.0 Å². The van der Waals surface area contributed by atoms with Crippen molar-refractivity contribution in [1.29, 1.82) is 0 Å². The van der Waals surface area contributed by atoms with Crippen LogP contribution in [0.2, 0.25) is 0 Å². The Morgan fingerprint density at radius 2 is 1.85 bits per heavy atom. The highest BCUT2D eigenvalue weighted by atomic mass is 32.1. The number of anilines is 2. The summed E-state index contributed by atoms with van der Waals surface area (Å²) in [6.07, 6.45) is 0. The molecule has 0 radical (unpaired) electrons. The molecule has 126 valence electrons. The molecule has 5 aromatic rings. The number of hydrogen-bond acceptors (Lipinski definition) is 5. The summed E-state index contributed by atoms with van der Waals surface area (Å²) in [7, 11) is 0. The molecule has 0 aliphatic carbocycles. The fourth-order valence-electron chi connectivity index (χ4n) is 3.13. The second-order valence-electron chi connectivity index (χ2n) is 6.04. The molecule has 0 spiro atoms. The van der Waals surface area contributed by atoms with Crippen molar-refractivity contribution in [3.05, 3.63) is 71.9 Å². The Labute approximate surface area is 154 Å². The average molecular weight is 357 g/mol. The van der Waals surface area contributed by atoms with Gasteiger partial charge in [-0.15, -0.1) is 21.5 Å². The Balaban J connectivity index is 1.77. The zero-order valence-electron chi connectivity index (χ0n) is 14.0. The van der Waals surface area contributed by atoms with Crippen molar-refractivity contribution in [2.45, 2.75) is 6.92 Å². The van der Waals surface area contributed by atoms with Crippen LogP contribution in [0, 0.1) is 6.92 Å². The van der Waals surface area contributed by atoms with Gasteiger partial charge in [-0.25, -0.2) is 0 Å². The monoisotopic (exact) mass is 357 g/mol. The van der Waals surface area contributed by atoms with Gasteiger partial charge in [0, 0.05) is 16.0 Å². The number of hydrogen-bond donors (Lipinski definition) is 1. The second-order valence-corrected chi connectivity index (χ2v) is 6.99. The van der Waals surface area contributed by atoms with Gasteiger partial charge < -0.3 is 5.32 Å². The van der Waals surface area contributed by atoms with Crippen molar-refractivity contribution in [1.82, 2.24) is 19.6 Å². The molecule has 0 saturated carbocycles. The van der Waals surface area contributed by atoms with Gasteiger partial charge in [-0.1, -0.05) is 30.3 Å². The van der Waals surface area contributed by atoms with Crippen LogP contribution in [0.5, 0.6) is 0 Å². The van der Waals surface area contributed by atoms with Crippen LogP contribution in [0.25, 0.3) is 27.1 Å². The van der Waals surface area contributed by atoms with E-state index in [1.165, 1.54) is 10.4 Å². The highest BCUT2D eigenvalue weighted by Crippen LogP contribution is 2.32. The Morgan fingerprint density at radius 1 is 0.962 bits per heavy atom. The molecule has 0 saturated heterocycles. The minimum absolute atomic E-state index is 0.594. The van der Waals surface area contributed by atoms with E-state index in [1.807, 2.05) is 41.7 Å². The van der Waals surface area contributed by atoms with Crippen LogP contribution in [0.4, 0.5) is 11.5 Å². The molecule has 5 rings (SSSR count). The van der Waals surface area contributed by atoms with Crippen LogP contribution >= 0.6 is 11.3 Å². The first kappa shape index (κ1) is 15.0. The number of thiophene rings is 1. The van der Waals surface area contributed by atoms with E-state index in [2.05, 4.69) is 51.2 Å². The van der Waals surface area contributed by atoms with Gasteiger partial charge >= 0.3 is 0 Å². The summed E-state index contributed by atoms with van der Waals surface area (Å²) in [5.74, 6) is 2.20. The minimum atomic E-state index is 0.594. The molecule has 0 bridgehead atoms. The Morgan fingerprint density at radius 3 is 2.65 bits per heavy atom. The molecule has 0 aliphatic heterocycles. The predicted octanol–water partition coefficient (Wildman–Crippen LogP) is 5.06. The van der Waals surface area contributed by atoms with E-state index in [1.54, 1.807) is 11.3 Å². The van der Waals surface area contributed by atoms with Gasteiger partial charge in [-0.05, 0) is 48.2 Å². The summed E-state index contributed by atoms with van der Waals surface area (Å²) in [5.41, 5.74) is 3.21. The highest BCUT2D eigenvalue weighted by molar-refractivity contribution is 7.13. The second kappa shape index (κ2) is 5.93. The number of para-hydroxylation sites is 1. The number of nitrogens with one attached hydrogen (secondary N) is 1. The molecule has 0 fully saturated rings. The lowest BCUT2D eigenvalue weighted by Gasteiger charge is -2.12. The maximum absolute atomic E-state index is 4.69. The standard InChI is InChI=1S/C20H15N5S/c1-13-23-24-20-22-19(21-15-6-3-2-4-7-15)16-10-9-14(12-17(16)25(13)20)18-8-5-11-26-18/h2-12H,1H3,(H,21,22,24). The SMILES string of the molecule is Cc1nnc2nc(Nc3ccccc3)c3ccc(-c4cccs4)cc3n12. The zero-order valence-corrected chi connectivity index (χ0v) is 14.9. The zero-order chi connectivity index (χ0) is 17.5. The Kier molecular flexibility index (Phi) is 3.43. The third-order valence-corrected chi connectivity index (χ3v) is 5.27. The Bertz CT molecular complexity index is 1210. The van der Waals surface area contributed by atoms with Gasteiger partial charge in [0.15, 0.2) is 0 Å². The van der Waals surface area contributed by atoms with Crippen molar-refractivity contribution in [3.8, 4) is 10.4 Å². The van der Waals surface area contributed by atoms with Gasteiger partial charge in [0.25, 0.3) is 5.78 Å². The first-order chi connectivity index (χ1) is 12.8. The van der Waals surface area contributed by atoms with Crippen LogP contribution < -0.4 is 5.32 Å². The van der Waals surface area contributed by atoms with Crippen molar-refractivity contribution < 1.29 is 0 Å². The predicted molar refractivity (Wildman–Crippen MR) is 106 cm³/mol. The summed E-state index contributed by atoms with van der Waals surface area (Å²) in [6.45, 7) is 1.95. The molecule has 5 nitrogen and oxygen atoms in total. The van der Waals surface area contributed by atoms with Crippen molar-refractivity contribution in [2.24, 2.45) is 0 Å². The lowest BCUT2D eigenvalue weighted by molar-refractivity contribution is 1.02. The van der Waals surface area contributed by atoms with E-state index in [0.717, 1.165) is 28.2 Å². The maximum atomic E-state index is 4.69. The molecule has 3 aromatic heterocycles. The van der Waals surface area contributed by atoms with Gasteiger partial charge in [0.2, 0.25) is 0 Å². The summed E-state index contributed by atoms with van der Waals surface area (Å²) in [4.78, 5) is 5.93. The number of benzene rings is 2. The van der Waals surface area contributed by atoms with Crippen LogP contribution in [-0.2, 0) is 0 Å². The summed E-state index contributed by atoms with van der Waals surface area (Å²) in [5, 5.41) is 15.0. The number of aromatic nitrogens is 4. The normalized spacial score (nSPS) is 11.3. The van der Waals surface area contributed by atoms with Gasteiger partial charge in [0.05, 0.1) is 5.52 Å². The smallest absolute Gasteiger partial charge is 0.257 e.